The molecule has 4 N–H and O–H groups in total. The van der Waals surface area contributed by atoms with Crippen LogP contribution < -0.4 is 11.1 Å². The number of carbonyl (C=O) groups is 1. The molecule has 1 aromatic carbocycles. The molecule has 1 heterocycles. The third-order valence-corrected chi connectivity index (χ3v) is 3.37. The number of benzene rings is 1. The van der Waals surface area contributed by atoms with Crippen molar-refractivity contribution in [1.29, 1.82) is 0 Å². The van der Waals surface area contributed by atoms with Gasteiger partial charge in [-0.1, -0.05) is 50.1 Å². The summed E-state index contributed by atoms with van der Waals surface area (Å²) in [4.78, 5) is 12.2. The Morgan fingerprint density at radius 1 is 1.09 bits per heavy atom. The molecule has 124 valence electrons. The summed E-state index contributed by atoms with van der Waals surface area (Å²) in [6.45, 7) is 0. The largest absolute Gasteiger partial charge is 0.362 e. The first-order chi connectivity index (χ1) is 10.8. The second kappa shape index (κ2) is 14.4. The summed E-state index contributed by atoms with van der Waals surface area (Å²) < 4.78 is 0. The van der Waals surface area contributed by atoms with Crippen LogP contribution in [0.3, 0.4) is 0 Å². The minimum Gasteiger partial charge on any atom is -0.362 e. The molecule has 5 heteroatoms. The van der Waals surface area contributed by atoms with Crippen molar-refractivity contribution in [2.24, 2.45) is 5.73 Å². The maximum absolute atomic E-state index is 9.06. The Balaban J connectivity index is 0.000000317. The van der Waals surface area contributed by atoms with Gasteiger partial charge in [0, 0.05) is 29.2 Å². The van der Waals surface area contributed by atoms with E-state index in [1.165, 1.54) is 45.6 Å². The van der Waals surface area contributed by atoms with Crippen LogP contribution >= 0.6 is 11.6 Å². The van der Waals surface area contributed by atoms with Crippen molar-refractivity contribution in [2.45, 2.75) is 38.5 Å². The van der Waals surface area contributed by atoms with Gasteiger partial charge in [-0.05, 0) is 31.3 Å². The van der Waals surface area contributed by atoms with Gasteiger partial charge in [0.05, 0.1) is 0 Å². The molecule has 4 nitrogen and oxygen atoms in total. The Labute approximate surface area is 138 Å². The molecule has 1 saturated carbocycles. The third kappa shape index (κ3) is 9.42. The summed E-state index contributed by atoms with van der Waals surface area (Å²) in [7, 11) is 3.06. The predicted octanol–water partition coefficient (Wildman–Crippen LogP) is 4.10. The van der Waals surface area contributed by atoms with Crippen LogP contribution in [0.15, 0.2) is 30.5 Å². The van der Waals surface area contributed by atoms with E-state index in [0.29, 0.717) is 6.41 Å². The molecule has 22 heavy (non-hydrogen) atoms. The Kier molecular flexibility index (Phi) is 13.4. The van der Waals surface area contributed by atoms with Gasteiger partial charge in [0.2, 0.25) is 6.41 Å². The zero-order chi connectivity index (χ0) is 16.6. The molecular formula is C17H28ClN3O. The van der Waals surface area contributed by atoms with Gasteiger partial charge in [0.25, 0.3) is 0 Å². The van der Waals surface area contributed by atoms with E-state index in [2.05, 4.69) is 16.0 Å². The van der Waals surface area contributed by atoms with Crippen molar-refractivity contribution in [3.63, 3.8) is 0 Å². The quantitative estimate of drug-likeness (QED) is 0.691. The maximum Gasteiger partial charge on any atom is 0.206 e. The van der Waals surface area contributed by atoms with Crippen molar-refractivity contribution in [3.8, 4) is 0 Å². The minimum atomic E-state index is 0.625. The highest BCUT2D eigenvalue weighted by Gasteiger charge is 1.95. The number of hydrogen-bond donors (Lipinski definition) is 3. The lowest BCUT2D eigenvalue weighted by atomic mass is 10.0. The van der Waals surface area contributed by atoms with Gasteiger partial charge in [0.15, 0.2) is 0 Å². The van der Waals surface area contributed by atoms with E-state index < -0.39 is 0 Å². The maximum atomic E-state index is 9.06. The molecule has 1 aliphatic carbocycles. The number of hydrogen-bond acceptors (Lipinski definition) is 2. The van der Waals surface area contributed by atoms with Crippen molar-refractivity contribution >= 4 is 28.9 Å². The highest BCUT2D eigenvalue weighted by molar-refractivity contribution is 6.31. The van der Waals surface area contributed by atoms with Gasteiger partial charge in [-0.15, -0.1) is 0 Å². The van der Waals surface area contributed by atoms with Crippen molar-refractivity contribution in [2.75, 3.05) is 14.1 Å². The van der Waals surface area contributed by atoms with E-state index in [1.54, 1.807) is 7.05 Å². The number of carbonyl (C=O) groups excluding carboxylic acids is 1. The number of halogens is 1. The number of fused-ring (bicyclic) bond motifs is 1. The molecule has 0 saturated heterocycles. The fourth-order valence-corrected chi connectivity index (χ4v) is 2.27. The molecule has 0 atom stereocenters. The van der Waals surface area contributed by atoms with E-state index in [1.807, 2.05) is 30.5 Å². The Morgan fingerprint density at radius 3 is 2.05 bits per heavy atom. The number of nitrogens with one attached hydrogen (secondary N) is 2. The second-order valence-electron chi connectivity index (χ2n) is 4.74. The summed E-state index contributed by atoms with van der Waals surface area (Å²) in [5, 5.41) is 4.19. The van der Waals surface area contributed by atoms with Gasteiger partial charge >= 0.3 is 0 Å². The summed E-state index contributed by atoms with van der Waals surface area (Å²) in [6.07, 6.45) is 11.5. The van der Waals surface area contributed by atoms with Gasteiger partial charge in [-0.3, -0.25) is 4.79 Å². The van der Waals surface area contributed by atoms with Gasteiger partial charge in [-0.2, -0.15) is 0 Å². The second-order valence-corrected chi connectivity index (χ2v) is 5.17. The number of amides is 1. The first kappa shape index (κ1) is 20.5. The number of H-pyrrole nitrogens is 1. The van der Waals surface area contributed by atoms with Gasteiger partial charge < -0.3 is 16.0 Å². The van der Waals surface area contributed by atoms with Crippen LogP contribution in [0.4, 0.5) is 0 Å². The summed E-state index contributed by atoms with van der Waals surface area (Å²) in [6, 6.07) is 7.78. The van der Waals surface area contributed by atoms with E-state index in [0.717, 1.165) is 15.9 Å². The first-order valence-corrected chi connectivity index (χ1v) is 8.07. The van der Waals surface area contributed by atoms with Crippen molar-refractivity contribution in [1.82, 2.24) is 10.3 Å². The Morgan fingerprint density at radius 2 is 1.59 bits per heavy atom. The van der Waals surface area contributed by atoms with Crippen LogP contribution in [0.1, 0.15) is 38.5 Å². The Hall–Kier alpha value is -1.52. The third-order valence-electron chi connectivity index (χ3n) is 3.13. The van der Waals surface area contributed by atoms with Crippen LogP contribution in [-0.4, -0.2) is 25.5 Å². The van der Waals surface area contributed by atoms with Crippen LogP contribution in [0.25, 0.3) is 10.9 Å². The van der Waals surface area contributed by atoms with Gasteiger partial charge in [0.1, 0.15) is 0 Å². The lowest BCUT2D eigenvalue weighted by Crippen LogP contribution is -1.98. The zero-order valence-corrected chi connectivity index (χ0v) is 14.3. The fourth-order valence-electron chi connectivity index (χ4n) is 2.08. The smallest absolute Gasteiger partial charge is 0.206 e. The molecule has 0 unspecified atom stereocenters. The number of aromatic amines is 1. The number of nitrogens with two attached hydrogens (primary N) is 1. The van der Waals surface area contributed by atoms with Crippen LogP contribution in [0.2, 0.25) is 5.02 Å². The molecule has 2 aromatic rings. The van der Waals surface area contributed by atoms with E-state index >= 15 is 0 Å². The average Bonchev–Trinajstić information content (AvgIpc) is 3.06. The molecule has 1 aliphatic rings. The molecule has 0 bridgehead atoms. The zero-order valence-electron chi connectivity index (χ0n) is 13.6. The molecule has 0 spiro atoms. The monoisotopic (exact) mass is 325 g/mol. The topological polar surface area (TPSA) is 70.9 Å². The van der Waals surface area contributed by atoms with Crippen LogP contribution in [0.5, 0.6) is 0 Å². The lowest BCUT2D eigenvalue weighted by molar-refractivity contribution is -0.109. The van der Waals surface area contributed by atoms with Crippen LogP contribution in [-0.2, 0) is 4.79 Å². The summed E-state index contributed by atoms with van der Waals surface area (Å²) >= 11 is 5.76. The molecule has 3 rings (SSSR count). The van der Waals surface area contributed by atoms with E-state index in [-0.39, 0.29) is 0 Å². The predicted molar refractivity (Wildman–Crippen MR) is 96.2 cm³/mol. The van der Waals surface area contributed by atoms with E-state index in [9.17, 15) is 0 Å². The Bertz CT molecular complexity index is 484. The number of aromatic nitrogens is 1. The van der Waals surface area contributed by atoms with E-state index in [4.69, 9.17) is 16.4 Å². The van der Waals surface area contributed by atoms with Crippen molar-refractivity contribution < 1.29 is 4.79 Å². The molecule has 0 aliphatic heterocycles. The molecule has 1 amide bonds. The average molecular weight is 326 g/mol. The molecule has 0 radical (unpaired) electrons. The highest BCUT2D eigenvalue weighted by Crippen LogP contribution is 2.17. The fraction of sp³-hybridized carbons (Fsp3) is 0.471. The minimum absolute atomic E-state index is 0.625. The molecule has 1 fully saturated rings. The lowest BCUT2D eigenvalue weighted by Gasteiger charge is -2.05. The standard InChI is InChI=1S/C8H6ClN.C6H12.C2H5NO.CH5N/c9-7-1-2-8-6(5-7)3-4-10-8;1-2-4-6-5-3-1;1-3-2-4;1-2/h1-5,10H;1-6H2;2H,1H3,(H,3,4);2H2,1H3. The normalized spacial score (nSPS) is 12.5. The number of rotatable bonds is 1. The van der Waals surface area contributed by atoms with Gasteiger partial charge in [-0.25, -0.2) is 0 Å². The summed E-state index contributed by atoms with van der Waals surface area (Å²) in [5.74, 6) is 0. The first-order valence-electron chi connectivity index (χ1n) is 7.69. The van der Waals surface area contributed by atoms with Crippen LogP contribution in [0, 0.1) is 0 Å². The molecular weight excluding hydrogens is 298 g/mol. The SMILES string of the molecule is C1CCCCC1.CN.CNC=O.Clc1ccc2[nH]ccc2c1. The molecule has 1 aromatic heterocycles. The van der Waals surface area contributed by atoms with Crippen molar-refractivity contribution in [3.05, 3.63) is 35.5 Å². The summed E-state index contributed by atoms with van der Waals surface area (Å²) in [5.41, 5.74) is 5.63. The highest BCUT2D eigenvalue weighted by atomic mass is 35.5.